The van der Waals surface area contributed by atoms with E-state index in [1.165, 1.54) is 11.8 Å². The fourth-order valence-electron chi connectivity index (χ4n) is 1.55. The van der Waals surface area contributed by atoms with Crippen LogP contribution in [0, 0.1) is 0 Å². The summed E-state index contributed by atoms with van der Waals surface area (Å²) in [5, 5.41) is 9.19. The van der Waals surface area contributed by atoms with E-state index in [4.69, 9.17) is 4.74 Å². The zero-order chi connectivity index (χ0) is 12.7. The van der Waals surface area contributed by atoms with Gasteiger partial charge in [-0.15, -0.1) is 11.8 Å². The molecule has 0 saturated heterocycles. The van der Waals surface area contributed by atoms with Crippen molar-refractivity contribution in [2.45, 2.75) is 31.1 Å². The van der Waals surface area contributed by atoms with Gasteiger partial charge in [0.05, 0.1) is 6.61 Å². The summed E-state index contributed by atoms with van der Waals surface area (Å²) in [4.78, 5) is 11.9. The molecule has 0 aromatic heterocycles. The van der Waals surface area contributed by atoms with Crippen molar-refractivity contribution >= 4 is 17.7 Å². The quantitative estimate of drug-likeness (QED) is 0.595. The van der Waals surface area contributed by atoms with Gasteiger partial charge in [-0.2, -0.15) is 0 Å². The van der Waals surface area contributed by atoms with E-state index in [-0.39, 0.29) is 5.56 Å². The Morgan fingerprint density at radius 2 is 2.18 bits per heavy atom. The molecule has 0 heterocycles. The number of ether oxygens (including phenoxy) is 1. The lowest BCUT2D eigenvalue weighted by molar-refractivity contribution is 0.0688. The molecule has 0 bridgehead atoms. The van der Waals surface area contributed by atoms with E-state index in [9.17, 15) is 9.90 Å². The number of thioether (sulfide) groups is 1. The Bertz CT molecular complexity index is 377. The SMILES string of the molecule is CCCCCOc1cccc(SC)c1C(=O)O. The van der Waals surface area contributed by atoms with Crippen LogP contribution in [0.15, 0.2) is 23.1 Å². The van der Waals surface area contributed by atoms with Crippen LogP contribution < -0.4 is 4.74 Å². The molecule has 0 radical (unpaired) electrons. The Hall–Kier alpha value is -1.16. The Kier molecular flexibility index (Phi) is 5.91. The maximum absolute atomic E-state index is 11.2. The molecule has 4 heteroatoms. The second-order valence-electron chi connectivity index (χ2n) is 3.69. The van der Waals surface area contributed by atoms with Gasteiger partial charge >= 0.3 is 5.97 Å². The number of hydrogen-bond donors (Lipinski definition) is 1. The predicted octanol–water partition coefficient (Wildman–Crippen LogP) is 3.68. The van der Waals surface area contributed by atoms with Crippen LogP contribution in [-0.2, 0) is 0 Å². The fraction of sp³-hybridized carbons (Fsp3) is 0.462. The number of hydrogen-bond acceptors (Lipinski definition) is 3. The number of unbranched alkanes of at least 4 members (excludes halogenated alkanes) is 2. The van der Waals surface area contributed by atoms with Gasteiger partial charge in [-0.3, -0.25) is 0 Å². The molecule has 0 amide bonds. The maximum atomic E-state index is 11.2. The lowest BCUT2D eigenvalue weighted by atomic mass is 10.2. The first-order chi connectivity index (χ1) is 8.20. The van der Waals surface area contributed by atoms with Crippen molar-refractivity contribution in [1.82, 2.24) is 0 Å². The first-order valence-corrected chi connectivity index (χ1v) is 6.96. The molecule has 1 aromatic rings. The third-order valence-electron chi connectivity index (χ3n) is 2.43. The van der Waals surface area contributed by atoms with Gasteiger partial charge in [-0.25, -0.2) is 4.79 Å². The highest BCUT2D eigenvalue weighted by atomic mass is 32.2. The molecule has 1 aromatic carbocycles. The standard InChI is InChI=1S/C13H18O3S/c1-3-4-5-9-16-10-7-6-8-11(17-2)12(10)13(14)15/h6-8H,3-5,9H2,1-2H3,(H,14,15). The van der Waals surface area contributed by atoms with Gasteiger partial charge in [-0.05, 0) is 24.8 Å². The minimum Gasteiger partial charge on any atom is -0.493 e. The molecule has 94 valence electrons. The maximum Gasteiger partial charge on any atom is 0.340 e. The van der Waals surface area contributed by atoms with Gasteiger partial charge < -0.3 is 9.84 Å². The Balaban J connectivity index is 2.79. The van der Waals surface area contributed by atoms with E-state index >= 15 is 0 Å². The average molecular weight is 254 g/mol. The first-order valence-electron chi connectivity index (χ1n) is 5.73. The molecule has 0 saturated carbocycles. The van der Waals surface area contributed by atoms with Crippen molar-refractivity contribution in [3.8, 4) is 5.75 Å². The summed E-state index contributed by atoms with van der Waals surface area (Å²) in [6.07, 6.45) is 5.05. The monoisotopic (exact) mass is 254 g/mol. The second kappa shape index (κ2) is 7.22. The molecule has 0 atom stereocenters. The Morgan fingerprint density at radius 1 is 1.41 bits per heavy atom. The van der Waals surface area contributed by atoms with E-state index < -0.39 is 5.97 Å². The average Bonchev–Trinajstić information content (AvgIpc) is 2.33. The van der Waals surface area contributed by atoms with Crippen LogP contribution in [0.1, 0.15) is 36.5 Å². The largest absolute Gasteiger partial charge is 0.493 e. The molecule has 3 nitrogen and oxygen atoms in total. The summed E-state index contributed by atoms with van der Waals surface area (Å²) in [6, 6.07) is 5.34. The number of carboxylic acids is 1. The van der Waals surface area contributed by atoms with Crippen molar-refractivity contribution in [3.05, 3.63) is 23.8 Å². The van der Waals surface area contributed by atoms with E-state index in [1.54, 1.807) is 12.1 Å². The van der Waals surface area contributed by atoms with E-state index in [0.717, 1.165) is 24.2 Å². The van der Waals surface area contributed by atoms with Gasteiger partial charge in [-0.1, -0.05) is 25.8 Å². The molecular formula is C13H18O3S. The minimum atomic E-state index is -0.930. The molecule has 0 unspecified atom stereocenters. The Morgan fingerprint density at radius 3 is 2.76 bits per heavy atom. The second-order valence-corrected chi connectivity index (χ2v) is 4.54. The summed E-state index contributed by atoms with van der Waals surface area (Å²) in [6.45, 7) is 2.70. The third kappa shape index (κ3) is 3.97. The molecule has 0 spiro atoms. The fourth-order valence-corrected chi connectivity index (χ4v) is 2.15. The van der Waals surface area contributed by atoms with Crippen LogP contribution >= 0.6 is 11.8 Å². The van der Waals surface area contributed by atoms with Gasteiger partial charge in [0.15, 0.2) is 0 Å². The van der Waals surface area contributed by atoms with E-state index in [1.807, 2.05) is 12.3 Å². The summed E-state index contributed by atoms with van der Waals surface area (Å²) in [5.41, 5.74) is 0.275. The molecule has 0 aliphatic rings. The predicted molar refractivity (Wildman–Crippen MR) is 70.2 cm³/mol. The normalized spacial score (nSPS) is 10.2. The topological polar surface area (TPSA) is 46.5 Å². The molecule has 0 aliphatic carbocycles. The number of aromatic carboxylic acids is 1. The molecule has 17 heavy (non-hydrogen) atoms. The summed E-state index contributed by atoms with van der Waals surface area (Å²) < 4.78 is 5.55. The third-order valence-corrected chi connectivity index (χ3v) is 3.21. The highest BCUT2D eigenvalue weighted by Crippen LogP contribution is 2.28. The van der Waals surface area contributed by atoms with Crippen molar-refractivity contribution in [1.29, 1.82) is 0 Å². The van der Waals surface area contributed by atoms with Gasteiger partial charge in [0.25, 0.3) is 0 Å². The molecular weight excluding hydrogens is 236 g/mol. The molecule has 1 N–H and O–H groups in total. The summed E-state index contributed by atoms with van der Waals surface area (Å²) in [5.74, 6) is -0.458. The van der Waals surface area contributed by atoms with Crippen LogP contribution in [-0.4, -0.2) is 23.9 Å². The van der Waals surface area contributed by atoms with Crippen LogP contribution in [0.5, 0.6) is 5.75 Å². The lowest BCUT2D eigenvalue weighted by Gasteiger charge is -2.11. The van der Waals surface area contributed by atoms with Crippen molar-refractivity contribution in [2.24, 2.45) is 0 Å². The van der Waals surface area contributed by atoms with Crippen LogP contribution in [0.2, 0.25) is 0 Å². The van der Waals surface area contributed by atoms with Gasteiger partial charge in [0.2, 0.25) is 0 Å². The molecule has 0 fully saturated rings. The van der Waals surface area contributed by atoms with Crippen LogP contribution in [0.4, 0.5) is 0 Å². The number of benzene rings is 1. The highest BCUT2D eigenvalue weighted by molar-refractivity contribution is 7.98. The van der Waals surface area contributed by atoms with Crippen LogP contribution in [0.3, 0.4) is 0 Å². The number of rotatable bonds is 7. The lowest BCUT2D eigenvalue weighted by Crippen LogP contribution is -2.06. The molecule has 1 rings (SSSR count). The number of carbonyl (C=O) groups is 1. The van der Waals surface area contributed by atoms with E-state index in [2.05, 4.69) is 6.92 Å². The van der Waals surface area contributed by atoms with Crippen molar-refractivity contribution in [2.75, 3.05) is 12.9 Å². The van der Waals surface area contributed by atoms with Gasteiger partial charge in [0, 0.05) is 4.90 Å². The smallest absolute Gasteiger partial charge is 0.340 e. The minimum absolute atomic E-state index is 0.275. The zero-order valence-electron chi connectivity index (χ0n) is 10.2. The summed E-state index contributed by atoms with van der Waals surface area (Å²) in [7, 11) is 0. The van der Waals surface area contributed by atoms with Gasteiger partial charge in [0.1, 0.15) is 11.3 Å². The van der Waals surface area contributed by atoms with E-state index in [0.29, 0.717) is 12.4 Å². The molecule has 0 aliphatic heterocycles. The highest BCUT2D eigenvalue weighted by Gasteiger charge is 2.15. The van der Waals surface area contributed by atoms with Crippen molar-refractivity contribution < 1.29 is 14.6 Å². The number of carboxylic acid groups (broad SMARTS) is 1. The van der Waals surface area contributed by atoms with Crippen LogP contribution in [0.25, 0.3) is 0 Å². The zero-order valence-corrected chi connectivity index (χ0v) is 11.0. The first kappa shape index (κ1) is 13.9. The summed E-state index contributed by atoms with van der Waals surface area (Å²) >= 11 is 1.42. The van der Waals surface area contributed by atoms with Crippen molar-refractivity contribution in [3.63, 3.8) is 0 Å². The Labute approximate surface area is 106 Å².